The molecule has 200 valence electrons. The average Bonchev–Trinajstić information content (AvgIpc) is 2.87. The smallest absolute Gasteiger partial charge is 0.264 e. The number of aliphatic hydroxyl groups excluding tert-OH is 1. The number of amides is 1. The molecule has 0 saturated carbocycles. The van der Waals surface area contributed by atoms with E-state index >= 15 is 0 Å². The first-order chi connectivity index (χ1) is 18.0. The predicted octanol–water partition coefficient (Wildman–Crippen LogP) is 3.30. The summed E-state index contributed by atoms with van der Waals surface area (Å²) in [6, 6.07) is 20.0. The summed E-state index contributed by atoms with van der Waals surface area (Å²) in [5.41, 5.74) is 7.00. The molecule has 38 heavy (non-hydrogen) atoms. The Morgan fingerprint density at radius 3 is 2.08 bits per heavy atom. The van der Waals surface area contributed by atoms with Gasteiger partial charge in [-0.1, -0.05) is 65.7 Å². The first kappa shape index (κ1) is 29.1. The molecule has 0 unspecified atom stereocenters. The lowest BCUT2D eigenvalue weighted by atomic mass is 9.90. The van der Waals surface area contributed by atoms with Crippen LogP contribution in [0.5, 0.6) is 0 Å². The third-order valence-corrected chi connectivity index (χ3v) is 7.43. The van der Waals surface area contributed by atoms with E-state index in [4.69, 9.17) is 34.3 Å². The van der Waals surface area contributed by atoms with Crippen LogP contribution in [0.2, 0.25) is 10.0 Å². The molecule has 3 aromatic carbocycles. The second kappa shape index (κ2) is 12.9. The minimum absolute atomic E-state index is 0.0811. The number of rotatable bonds is 10. The molecule has 0 spiro atoms. The molecule has 12 heteroatoms. The molecule has 0 saturated heterocycles. The Morgan fingerprint density at radius 2 is 1.55 bits per heavy atom. The summed E-state index contributed by atoms with van der Waals surface area (Å²) in [4.78, 5) is 16.2. The number of hydrogen-bond donors (Lipinski definition) is 5. The van der Waals surface area contributed by atoms with E-state index in [1.165, 1.54) is 31.2 Å². The first-order valence-electron chi connectivity index (χ1n) is 11.4. The van der Waals surface area contributed by atoms with Crippen molar-refractivity contribution in [3.05, 3.63) is 100 Å². The van der Waals surface area contributed by atoms with Gasteiger partial charge >= 0.3 is 0 Å². The van der Waals surface area contributed by atoms with Crippen molar-refractivity contribution in [3.8, 4) is 0 Å². The van der Waals surface area contributed by atoms with Gasteiger partial charge in [0.1, 0.15) is 6.04 Å². The molecule has 3 aromatic rings. The topological polar surface area (TPSA) is 158 Å². The van der Waals surface area contributed by atoms with Crippen LogP contribution in [0.4, 0.5) is 0 Å². The molecule has 0 aliphatic heterocycles. The van der Waals surface area contributed by atoms with Crippen molar-refractivity contribution in [2.24, 2.45) is 10.7 Å². The fourth-order valence-corrected chi connectivity index (χ4v) is 4.79. The number of nitrogens with two attached hydrogens (primary N) is 1. The highest BCUT2D eigenvalue weighted by molar-refractivity contribution is 7.90. The molecule has 3 atom stereocenters. The number of primary amides is 1. The minimum Gasteiger partial charge on any atom is -0.391 e. The van der Waals surface area contributed by atoms with Crippen LogP contribution in [-0.2, 0) is 14.8 Å². The zero-order valence-corrected chi connectivity index (χ0v) is 22.6. The monoisotopic (exact) mass is 575 g/mol. The molecule has 3 rings (SSSR count). The number of sulfonamides is 1. The Balaban J connectivity index is 2.00. The van der Waals surface area contributed by atoms with E-state index in [2.05, 4.69) is 15.0 Å². The Bertz CT molecular complexity index is 1400. The van der Waals surface area contributed by atoms with Crippen molar-refractivity contribution in [1.29, 1.82) is 5.41 Å². The van der Waals surface area contributed by atoms with Crippen molar-refractivity contribution in [3.63, 3.8) is 0 Å². The maximum Gasteiger partial charge on any atom is 0.264 e. The van der Waals surface area contributed by atoms with E-state index < -0.39 is 34.0 Å². The highest BCUT2D eigenvalue weighted by Gasteiger charge is 2.26. The van der Waals surface area contributed by atoms with Gasteiger partial charge in [0.15, 0.2) is 0 Å². The van der Waals surface area contributed by atoms with Crippen LogP contribution in [0.25, 0.3) is 0 Å². The summed E-state index contributed by atoms with van der Waals surface area (Å²) in [5, 5.41) is 22.4. The highest BCUT2D eigenvalue weighted by atomic mass is 35.5. The minimum atomic E-state index is -4.17. The maximum atomic E-state index is 13.1. The number of carbonyl (C=O) groups is 1. The van der Waals surface area contributed by atoms with Gasteiger partial charge in [-0.25, -0.2) is 13.1 Å². The molecule has 0 heterocycles. The van der Waals surface area contributed by atoms with Gasteiger partial charge in [-0.15, -0.1) is 0 Å². The standard InChI is InChI=1S/C26H27Cl2N5O4S/c1-16(34)24(25(30)35)32-26(33-38(36,37)21-13-11-20(28)12-14-21)31-15-22(17-5-3-2-4-6-17)23(29)18-7-9-19(27)10-8-18/h2-14,16,22,24,29,34H,15H2,1H3,(H2,30,35)(H2,31,32,33)/t16-,22+,24+/m1/s1. The predicted molar refractivity (Wildman–Crippen MR) is 149 cm³/mol. The lowest BCUT2D eigenvalue weighted by molar-refractivity contribution is -0.121. The molecular weight excluding hydrogens is 549 g/mol. The molecule has 9 nitrogen and oxygen atoms in total. The molecular formula is C26H27Cl2N5O4S. The van der Waals surface area contributed by atoms with E-state index in [1.807, 2.05) is 30.3 Å². The van der Waals surface area contributed by atoms with Gasteiger partial charge in [0, 0.05) is 21.7 Å². The van der Waals surface area contributed by atoms with E-state index in [1.54, 1.807) is 24.3 Å². The third kappa shape index (κ3) is 7.78. The number of aliphatic imine (C=N–C) groups is 1. The largest absolute Gasteiger partial charge is 0.391 e. The maximum absolute atomic E-state index is 13.1. The van der Waals surface area contributed by atoms with Crippen molar-refractivity contribution in [2.75, 3.05) is 6.54 Å². The molecule has 0 aromatic heterocycles. The fraction of sp³-hybridized carbons (Fsp3) is 0.192. The number of benzene rings is 3. The van der Waals surface area contributed by atoms with Crippen LogP contribution in [0.15, 0.2) is 88.8 Å². The molecule has 0 radical (unpaired) electrons. The Kier molecular flexibility index (Phi) is 9.87. The van der Waals surface area contributed by atoms with Crippen molar-refractivity contribution >= 4 is 50.8 Å². The molecule has 1 amide bonds. The molecule has 0 fully saturated rings. The lowest BCUT2D eigenvalue weighted by Gasteiger charge is -2.23. The summed E-state index contributed by atoms with van der Waals surface area (Å²) in [5.74, 6) is -1.82. The zero-order chi connectivity index (χ0) is 27.9. The van der Waals surface area contributed by atoms with Gasteiger partial charge in [-0.05, 0) is 54.4 Å². The highest BCUT2D eigenvalue weighted by Crippen LogP contribution is 2.23. The quantitative estimate of drug-likeness (QED) is 0.185. The number of nitrogens with zero attached hydrogens (tertiary/aromatic N) is 1. The SMILES string of the molecule is C[C@@H](O)[C@H](NC(=NC[C@H](C(=N)c1ccc(Cl)cc1)c1ccccc1)NS(=O)(=O)c1ccc(Cl)cc1)C(N)=O. The van der Waals surface area contributed by atoms with E-state index in [0.717, 1.165) is 5.56 Å². The van der Waals surface area contributed by atoms with Gasteiger partial charge in [0.05, 0.1) is 17.5 Å². The average molecular weight is 577 g/mol. The third-order valence-electron chi connectivity index (χ3n) is 5.57. The Morgan fingerprint density at radius 1 is 1.00 bits per heavy atom. The first-order valence-corrected chi connectivity index (χ1v) is 13.7. The number of hydrogen-bond acceptors (Lipinski definition) is 6. The van der Waals surface area contributed by atoms with Crippen LogP contribution in [0, 0.1) is 5.41 Å². The van der Waals surface area contributed by atoms with Crippen molar-refractivity contribution < 1.29 is 18.3 Å². The van der Waals surface area contributed by atoms with Gasteiger partial charge in [0.2, 0.25) is 11.9 Å². The number of nitrogens with one attached hydrogen (secondary N) is 3. The van der Waals surface area contributed by atoms with Crippen LogP contribution < -0.4 is 15.8 Å². The number of halogens is 2. The summed E-state index contributed by atoms with van der Waals surface area (Å²) in [6.07, 6.45) is -1.25. The second-order valence-corrected chi connectivity index (χ2v) is 11.0. The van der Waals surface area contributed by atoms with Crippen LogP contribution >= 0.6 is 23.2 Å². The van der Waals surface area contributed by atoms with E-state index in [9.17, 15) is 18.3 Å². The lowest BCUT2D eigenvalue weighted by Crippen LogP contribution is -2.55. The van der Waals surface area contributed by atoms with Gasteiger partial charge in [-0.3, -0.25) is 9.79 Å². The molecule has 0 aliphatic rings. The van der Waals surface area contributed by atoms with Gasteiger partial charge in [-0.2, -0.15) is 0 Å². The number of guanidine groups is 1. The summed E-state index contributed by atoms with van der Waals surface area (Å²) >= 11 is 11.9. The van der Waals surface area contributed by atoms with Crippen molar-refractivity contribution in [1.82, 2.24) is 10.0 Å². The van der Waals surface area contributed by atoms with Crippen LogP contribution in [-0.4, -0.2) is 49.8 Å². The molecule has 6 N–H and O–H groups in total. The fourth-order valence-electron chi connectivity index (χ4n) is 3.55. The Labute approximate surface area is 231 Å². The summed E-state index contributed by atoms with van der Waals surface area (Å²) in [7, 11) is -4.17. The molecule has 0 bridgehead atoms. The van der Waals surface area contributed by atoms with Crippen molar-refractivity contribution in [2.45, 2.75) is 29.9 Å². The Hall–Kier alpha value is -3.44. The molecule has 0 aliphatic carbocycles. The number of carbonyl (C=O) groups excluding carboxylic acids is 1. The summed E-state index contributed by atoms with van der Waals surface area (Å²) in [6.45, 7) is 1.25. The second-order valence-electron chi connectivity index (χ2n) is 8.40. The van der Waals surface area contributed by atoms with Crippen LogP contribution in [0.3, 0.4) is 0 Å². The van der Waals surface area contributed by atoms with Gasteiger partial charge < -0.3 is 21.6 Å². The van der Waals surface area contributed by atoms with Gasteiger partial charge in [0.25, 0.3) is 10.0 Å². The normalized spacial score (nSPS) is 14.3. The van der Waals surface area contributed by atoms with E-state index in [-0.39, 0.29) is 23.1 Å². The zero-order valence-electron chi connectivity index (χ0n) is 20.3. The summed E-state index contributed by atoms with van der Waals surface area (Å²) < 4.78 is 28.5. The number of aliphatic hydroxyl groups is 1. The van der Waals surface area contributed by atoms with Crippen LogP contribution in [0.1, 0.15) is 24.0 Å². The van der Waals surface area contributed by atoms with E-state index in [0.29, 0.717) is 15.6 Å².